The molecule has 1 heterocycles. The second-order valence-electron chi connectivity index (χ2n) is 18.8. The molecule has 6 N–H and O–H groups in total. The Bertz CT molecular complexity index is 2280. The number of aryl methyl sites for hydroxylation is 4. The van der Waals surface area contributed by atoms with Crippen molar-refractivity contribution in [3.63, 3.8) is 0 Å². The smallest absolute Gasteiger partial charge is 0.410 e. The van der Waals surface area contributed by atoms with E-state index >= 15 is 0 Å². The molecule has 8 aliphatic rings. The summed E-state index contributed by atoms with van der Waals surface area (Å²) >= 11 is 0. The van der Waals surface area contributed by atoms with Crippen LogP contribution in [0.2, 0.25) is 0 Å². The normalized spacial score (nSPS) is 21.3. The van der Waals surface area contributed by atoms with Gasteiger partial charge in [0.25, 0.3) is 0 Å². The van der Waals surface area contributed by atoms with Gasteiger partial charge in [0.05, 0.1) is 22.7 Å². The van der Waals surface area contributed by atoms with Crippen molar-refractivity contribution < 1.29 is 19.1 Å². The fraction of sp³-hybridized carbons (Fsp3) is 0.438. The third-order valence-corrected chi connectivity index (χ3v) is 13.4. The molecule has 4 bridgehead atoms. The number of likely N-dealkylation sites (tertiary alicyclic amines) is 1. The number of carbonyl (C=O) groups is 3. The van der Waals surface area contributed by atoms with Gasteiger partial charge >= 0.3 is 6.09 Å². The van der Waals surface area contributed by atoms with E-state index in [2.05, 4.69) is 53.1 Å². The minimum Gasteiger partial charge on any atom is -0.444 e. The fourth-order valence-electron chi connectivity index (χ4n) is 9.63. The topological polar surface area (TPSA) is 140 Å². The number of ether oxygens (including phenoxy) is 1. The zero-order valence-corrected chi connectivity index (χ0v) is 33.5. The Labute approximate surface area is 335 Å². The maximum Gasteiger partial charge on any atom is 0.410 e. The molecule has 2 atom stereocenters. The van der Waals surface area contributed by atoms with Crippen LogP contribution in [-0.2, 0) is 40.0 Å². The van der Waals surface area contributed by atoms with Crippen molar-refractivity contribution in [3.05, 3.63) is 95.1 Å². The molecule has 3 saturated carbocycles. The lowest BCUT2D eigenvalue weighted by atomic mass is 9.87. The van der Waals surface area contributed by atoms with Crippen LogP contribution in [0.5, 0.6) is 0 Å². The van der Waals surface area contributed by atoms with E-state index < -0.39 is 17.7 Å². The largest absolute Gasteiger partial charge is 0.444 e. The van der Waals surface area contributed by atoms with E-state index in [1.807, 2.05) is 51.1 Å². The number of carbonyl (C=O) groups excluding carboxylic acids is 3. The average Bonchev–Trinajstić information content (AvgIpc) is 4.02. The summed E-state index contributed by atoms with van der Waals surface area (Å²) in [4.78, 5) is 41.5. The van der Waals surface area contributed by atoms with Crippen molar-refractivity contribution in [3.8, 4) is 22.3 Å². The first kappa shape index (κ1) is 37.3. The number of nitrogens with zero attached hydrogens (tertiary/aromatic N) is 1. The first-order valence-corrected chi connectivity index (χ1v) is 20.9. The Balaban J connectivity index is 0.902. The first-order valence-electron chi connectivity index (χ1n) is 20.9. The van der Waals surface area contributed by atoms with E-state index in [-0.39, 0.29) is 23.1 Å². The number of amides is 3. The molecule has 1 aliphatic heterocycles. The molecular weight excluding hydrogens is 711 g/mol. The van der Waals surface area contributed by atoms with E-state index in [1.54, 1.807) is 4.90 Å². The summed E-state index contributed by atoms with van der Waals surface area (Å²) < 4.78 is 5.67. The number of rotatable bonds is 6. The molecule has 7 aliphatic carbocycles. The molecule has 12 rings (SSSR count). The van der Waals surface area contributed by atoms with Crippen LogP contribution in [0.15, 0.2) is 72.8 Å². The molecule has 4 aromatic rings. The minimum atomic E-state index is -0.643. The molecule has 9 nitrogen and oxygen atoms in total. The molecule has 4 aromatic carbocycles. The summed E-state index contributed by atoms with van der Waals surface area (Å²) in [5.41, 5.74) is 24.8. The van der Waals surface area contributed by atoms with Gasteiger partial charge in [-0.3, -0.25) is 14.5 Å². The van der Waals surface area contributed by atoms with Crippen LogP contribution in [-0.4, -0.2) is 41.0 Å². The van der Waals surface area contributed by atoms with Crippen molar-refractivity contribution in [1.29, 1.82) is 0 Å². The monoisotopic (exact) mass is 765 g/mol. The van der Waals surface area contributed by atoms with Crippen molar-refractivity contribution in [2.75, 3.05) is 28.6 Å². The van der Waals surface area contributed by atoms with Gasteiger partial charge in [0.1, 0.15) is 11.6 Å². The van der Waals surface area contributed by atoms with Gasteiger partial charge in [0.2, 0.25) is 11.8 Å². The Morgan fingerprint density at radius 3 is 1.70 bits per heavy atom. The second-order valence-corrected chi connectivity index (χ2v) is 18.8. The summed E-state index contributed by atoms with van der Waals surface area (Å²) in [7, 11) is 0. The molecule has 9 heteroatoms. The van der Waals surface area contributed by atoms with Crippen molar-refractivity contribution >= 4 is 40.7 Å². The Kier molecular flexibility index (Phi) is 9.13. The Hall–Kier alpha value is -5.31. The van der Waals surface area contributed by atoms with Gasteiger partial charge in [-0.2, -0.15) is 0 Å². The SMILES string of the molecule is CC(C)(C)OC(=O)N1CC2(CC2)C[C@H]1C(=O)Nc1ccc(-c2cc3ccc2CCc2ccc(c(-c4ccc(NC(=O)[C@H]5CCC6(CC6)C5)c(N)c4)c2)CC3)cc1N. The van der Waals surface area contributed by atoms with Crippen LogP contribution in [0.25, 0.3) is 22.3 Å². The number of nitrogens with one attached hydrogen (secondary N) is 2. The van der Waals surface area contributed by atoms with Gasteiger partial charge in [-0.05, 0) is 177 Å². The van der Waals surface area contributed by atoms with Gasteiger partial charge < -0.3 is 26.8 Å². The van der Waals surface area contributed by atoms with Crippen LogP contribution in [0.1, 0.15) is 94.4 Å². The lowest BCUT2D eigenvalue weighted by Crippen LogP contribution is -2.45. The summed E-state index contributed by atoms with van der Waals surface area (Å²) in [6.07, 6.45) is 11.3. The number of nitrogen functional groups attached to an aromatic ring is 2. The minimum absolute atomic E-state index is 0.0210. The zero-order chi connectivity index (χ0) is 39.7. The molecule has 4 fully saturated rings. The van der Waals surface area contributed by atoms with Gasteiger partial charge in [-0.15, -0.1) is 0 Å². The summed E-state index contributed by atoms with van der Waals surface area (Å²) in [5.74, 6) is -0.0458. The van der Waals surface area contributed by atoms with E-state index in [4.69, 9.17) is 16.2 Å². The highest BCUT2D eigenvalue weighted by atomic mass is 16.6. The Morgan fingerprint density at radius 2 is 1.21 bits per heavy atom. The highest BCUT2D eigenvalue weighted by Crippen LogP contribution is 2.59. The molecule has 1 saturated heterocycles. The number of anilines is 4. The molecule has 57 heavy (non-hydrogen) atoms. The first-order chi connectivity index (χ1) is 27.2. The van der Waals surface area contributed by atoms with Crippen LogP contribution in [0.4, 0.5) is 27.5 Å². The third-order valence-electron chi connectivity index (χ3n) is 13.4. The number of hydrogen-bond acceptors (Lipinski definition) is 6. The van der Waals surface area contributed by atoms with Gasteiger partial charge in [-0.1, -0.05) is 48.5 Å². The van der Waals surface area contributed by atoms with Crippen LogP contribution in [0, 0.1) is 16.7 Å². The lowest BCUT2D eigenvalue weighted by molar-refractivity contribution is -0.120. The predicted octanol–water partition coefficient (Wildman–Crippen LogP) is 9.32. The summed E-state index contributed by atoms with van der Waals surface area (Å²) in [5, 5.41) is 6.19. The maximum absolute atomic E-state index is 13.7. The van der Waals surface area contributed by atoms with Crippen molar-refractivity contribution in [2.45, 2.75) is 109 Å². The van der Waals surface area contributed by atoms with Crippen LogP contribution in [0.3, 0.4) is 0 Å². The van der Waals surface area contributed by atoms with Crippen LogP contribution >= 0.6 is 0 Å². The third kappa shape index (κ3) is 7.73. The van der Waals surface area contributed by atoms with Gasteiger partial charge in [0, 0.05) is 12.5 Å². The fourth-order valence-corrected chi connectivity index (χ4v) is 9.63. The predicted molar refractivity (Wildman–Crippen MR) is 227 cm³/mol. The Morgan fingerprint density at radius 1 is 0.667 bits per heavy atom. The molecule has 0 radical (unpaired) electrons. The number of benzene rings is 4. The second kappa shape index (κ2) is 14.0. The van der Waals surface area contributed by atoms with Gasteiger partial charge in [-0.25, -0.2) is 4.79 Å². The molecule has 0 aromatic heterocycles. The van der Waals surface area contributed by atoms with Crippen LogP contribution < -0.4 is 22.1 Å². The van der Waals surface area contributed by atoms with Crippen molar-refractivity contribution in [2.24, 2.45) is 16.7 Å². The number of nitrogens with two attached hydrogens (primary N) is 2. The quantitative estimate of drug-likeness (QED) is 0.144. The molecular formula is C48H55N5O4. The highest BCUT2D eigenvalue weighted by molar-refractivity contribution is 6.00. The van der Waals surface area contributed by atoms with E-state index in [0.717, 1.165) is 68.1 Å². The molecule has 3 amide bonds. The molecule has 0 unspecified atom stereocenters. The van der Waals surface area contributed by atoms with Crippen molar-refractivity contribution in [1.82, 2.24) is 4.90 Å². The lowest BCUT2D eigenvalue weighted by Gasteiger charge is -2.28. The van der Waals surface area contributed by atoms with E-state index in [9.17, 15) is 14.4 Å². The standard InChI is InChI=1S/C48H55N5O4/c1-46(2,3)57-45(56)53-28-48(20-21-48)27-42(53)44(55)52-41-15-13-34(25-39(41)50)37-23-30-5-9-31-8-4-29(6-10-32(37)11-7-30)22-36(31)33-12-14-40(38(49)24-33)51-43(54)35-16-17-47(26-35)18-19-47/h4,7-8,11-15,22-25,35,42H,5-6,9-10,16-21,26-28,49-50H2,1-3H3,(H,51,54)(H,52,55)/t35-,42-/m0/s1. The molecule has 2 spiro atoms. The molecule has 296 valence electrons. The maximum atomic E-state index is 13.7. The zero-order valence-electron chi connectivity index (χ0n) is 33.5. The van der Waals surface area contributed by atoms with E-state index in [1.165, 1.54) is 47.1 Å². The summed E-state index contributed by atoms with van der Waals surface area (Å²) in [6, 6.07) is 24.9. The number of hydrogen-bond donors (Lipinski definition) is 4. The summed E-state index contributed by atoms with van der Waals surface area (Å²) in [6.45, 7) is 6.07. The highest BCUT2D eigenvalue weighted by Gasteiger charge is 2.56. The van der Waals surface area contributed by atoms with Gasteiger partial charge in [0.15, 0.2) is 0 Å². The average molecular weight is 766 g/mol. The van der Waals surface area contributed by atoms with E-state index in [0.29, 0.717) is 41.1 Å².